The van der Waals surface area contributed by atoms with Crippen molar-refractivity contribution < 1.29 is 22.1 Å². The number of benzene rings is 1. The van der Waals surface area contributed by atoms with Crippen molar-refractivity contribution in [3.63, 3.8) is 0 Å². The summed E-state index contributed by atoms with van der Waals surface area (Å²) in [4.78, 5) is 13.4. The van der Waals surface area contributed by atoms with Gasteiger partial charge < -0.3 is 4.74 Å². The zero-order chi connectivity index (χ0) is 22.0. The number of hydrogen-bond acceptors (Lipinski definition) is 5. The van der Waals surface area contributed by atoms with Crippen LogP contribution in [0.25, 0.3) is 0 Å². The molecular formula is C24H34O5S. The molecule has 166 valence electrons. The van der Waals surface area contributed by atoms with Crippen molar-refractivity contribution in [3.8, 4) is 0 Å². The number of ketones is 1. The minimum atomic E-state index is -3.63. The van der Waals surface area contributed by atoms with E-state index >= 15 is 0 Å². The van der Waals surface area contributed by atoms with E-state index in [0.717, 1.165) is 24.7 Å². The zero-order valence-corrected chi connectivity index (χ0v) is 19.3. The number of ether oxygens (including phenoxy) is 1. The van der Waals surface area contributed by atoms with E-state index in [9.17, 15) is 13.2 Å². The van der Waals surface area contributed by atoms with Crippen LogP contribution in [0.5, 0.6) is 0 Å². The van der Waals surface area contributed by atoms with Crippen molar-refractivity contribution in [3.05, 3.63) is 48.0 Å². The Balaban J connectivity index is 1.80. The van der Waals surface area contributed by atoms with Crippen molar-refractivity contribution in [2.75, 3.05) is 19.5 Å². The molecule has 0 bridgehead atoms. The summed E-state index contributed by atoms with van der Waals surface area (Å²) in [5.74, 6) is 0.273. The van der Waals surface area contributed by atoms with Crippen LogP contribution in [0, 0.1) is 28.6 Å². The van der Waals surface area contributed by atoms with E-state index in [2.05, 4.69) is 19.9 Å². The maximum atomic E-state index is 13.4. The van der Waals surface area contributed by atoms with Gasteiger partial charge in [-0.3, -0.25) is 8.98 Å². The molecule has 1 fully saturated rings. The lowest BCUT2D eigenvalue weighted by Gasteiger charge is -2.58. The highest BCUT2D eigenvalue weighted by atomic mass is 32.2. The first-order chi connectivity index (χ1) is 14.1. The Labute approximate surface area is 181 Å². The van der Waals surface area contributed by atoms with E-state index in [1.54, 1.807) is 0 Å². The lowest BCUT2D eigenvalue weighted by Crippen LogP contribution is -2.60. The molecule has 1 aromatic carbocycles. The zero-order valence-electron chi connectivity index (χ0n) is 18.5. The number of Topliss-reactive ketones (excluding diaryl/α,β-unsaturated/α-hetero) is 1. The summed E-state index contributed by atoms with van der Waals surface area (Å²) in [6, 6.07) is 10.1. The van der Waals surface area contributed by atoms with E-state index in [-0.39, 0.29) is 35.6 Å². The third-order valence-corrected chi connectivity index (χ3v) is 8.12. The molecule has 0 saturated heterocycles. The molecule has 0 aliphatic heterocycles. The lowest BCUT2D eigenvalue weighted by molar-refractivity contribution is -0.161. The fourth-order valence-electron chi connectivity index (χ4n) is 5.46. The predicted molar refractivity (Wildman–Crippen MR) is 117 cm³/mol. The van der Waals surface area contributed by atoms with Gasteiger partial charge in [0, 0.05) is 13.0 Å². The summed E-state index contributed by atoms with van der Waals surface area (Å²) in [7, 11) is -3.63. The van der Waals surface area contributed by atoms with Gasteiger partial charge in [0.05, 0.1) is 24.9 Å². The highest BCUT2D eigenvalue weighted by Gasteiger charge is 2.61. The van der Waals surface area contributed by atoms with E-state index in [0.29, 0.717) is 19.6 Å². The van der Waals surface area contributed by atoms with Crippen molar-refractivity contribution in [1.82, 2.24) is 0 Å². The van der Waals surface area contributed by atoms with E-state index in [4.69, 9.17) is 8.92 Å². The highest BCUT2D eigenvalue weighted by Crippen LogP contribution is 2.60. The molecule has 0 heterocycles. The Bertz CT molecular complexity index is 878. The quantitative estimate of drug-likeness (QED) is 0.345. The van der Waals surface area contributed by atoms with Crippen LogP contribution in [-0.4, -0.2) is 33.7 Å². The Kier molecular flexibility index (Phi) is 6.90. The van der Waals surface area contributed by atoms with Gasteiger partial charge in [-0.05, 0) is 41.6 Å². The van der Waals surface area contributed by atoms with Crippen molar-refractivity contribution >= 4 is 15.9 Å². The van der Waals surface area contributed by atoms with Gasteiger partial charge in [-0.25, -0.2) is 0 Å². The van der Waals surface area contributed by atoms with Gasteiger partial charge in [-0.1, -0.05) is 63.3 Å². The molecule has 6 heteroatoms. The number of carbonyl (C=O) groups excluding carboxylic acids is 1. The second kappa shape index (κ2) is 8.93. The predicted octanol–water partition coefficient (Wildman–Crippen LogP) is 4.38. The molecule has 0 N–H and O–H groups in total. The molecule has 0 spiro atoms. The topological polar surface area (TPSA) is 69.7 Å². The van der Waals surface area contributed by atoms with Gasteiger partial charge in [0.2, 0.25) is 0 Å². The Morgan fingerprint density at radius 2 is 1.87 bits per heavy atom. The van der Waals surface area contributed by atoms with Crippen LogP contribution in [0.4, 0.5) is 0 Å². The summed E-state index contributed by atoms with van der Waals surface area (Å²) in [5.41, 5.74) is 0.183. The molecule has 30 heavy (non-hydrogen) atoms. The van der Waals surface area contributed by atoms with Crippen LogP contribution < -0.4 is 0 Å². The van der Waals surface area contributed by atoms with Gasteiger partial charge in [0.15, 0.2) is 0 Å². The summed E-state index contributed by atoms with van der Waals surface area (Å²) < 4.78 is 34.8. The SMILES string of the molecule is C[C@@H]1CC(=O)[C@@]2(COS(C)(=O)=O)[C@@H](C)C=CC[C@H]2[C@]1(C)CCOCc1ccccc1. The van der Waals surface area contributed by atoms with Gasteiger partial charge in [-0.2, -0.15) is 8.42 Å². The molecule has 0 radical (unpaired) electrons. The Hall–Kier alpha value is -1.50. The number of fused-ring (bicyclic) bond motifs is 1. The van der Waals surface area contributed by atoms with Crippen LogP contribution in [0.3, 0.4) is 0 Å². The average Bonchev–Trinajstić information content (AvgIpc) is 2.69. The summed E-state index contributed by atoms with van der Waals surface area (Å²) in [5, 5.41) is 0. The fraction of sp³-hybridized carbons (Fsp3) is 0.625. The van der Waals surface area contributed by atoms with E-state index in [1.807, 2.05) is 43.3 Å². The normalized spacial score (nSPS) is 34.0. The molecule has 5 atom stereocenters. The van der Waals surface area contributed by atoms with Gasteiger partial charge in [0.25, 0.3) is 10.1 Å². The minimum Gasteiger partial charge on any atom is -0.377 e. The van der Waals surface area contributed by atoms with Crippen LogP contribution in [0.15, 0.2) is 42.5 Å². The third-order valence-electron chi connectivity index (χ3n) is 7.57. The molecule has 1 aromatic rings. The number of hydrogen-bond donors (Lipinski definition) is 0. The van der Waals surface area contributed by atoms with Crippen LogP contribution in [0.1, 0.15) is 45.6 Å². The van der Waals surface area contributed by atoms with Crippen LogP contribution in [0.2, 0.25) is 0 Å². The van der Waals surface area contributed by atoms with E-state index in [1.165, 1.54) is 0 Å². The summed E-state index contributed by atoms with van der Waals surface area (Å²) in [6.07, 6.45) is 7.25. The molecule has 5 nitrogen and oxygen atoms in total. The average molecular weight is 435 g/mol. The van der Waals surface area contributed by atoms with E-state index < -0.39 is 15.5 Å². The summed E-state index contributed by atoms with van der Waals surface area (Å²) >= 11 is 0. The van der Waals surface area contributed by atoms with Crippen molar-refractivity contribution in [2.45, 2.75) is 46.6 Å². The maximum Gasteiger partial charge on any atom is 0.264 e. The molecule has 2 aliphatic rings. The van der Waals surface area contributed by atoms with Gasteiger partial charge in [-0.15, -0.1) is 0 Å². The molecular weight excluding hydrogens is 400 g/mol. The van der Waals surface area contributed by atoms with Crippen molar-refractivity contribution in [2.24, 2.45) is 28.6 Å². The maximum absolute atomic E-state index is 13.4. The number of rotatable bonds is 8. The molecule has 0 unspecified atom stereocenters. The standard InChI is InChI=1S/C24H34O5S/c1-18-9-8-12-21-23(3,13-14-28-16-20-10-6-5-7-11-20)19(2)15-22(25)24(18,21)17-29-30(4,26)27/h5-11,18-19,21H,12-17H2,1-4H3/t18-,19+,21-,23+,24-/m0/s1. The molecule has 0 aromatic heterocycles. The van der Waals surface area contributed by atoms with Gasteiger partial charge >= 0.3 is 0 Å². The third kappa shape index (κ3) is 4.56. The minimum absolute atomic E-state index is 0.0170. The molecule has 0 amide bonds. The first kappa shape index (κ1) is 23.2. The monoisotopic (exact) mass is 434 g/mol. The number of allylic oxidation sites excluding steroid dienone is 2. The second-order valence-electron chi connectivity index (χ2n) is 9.33. The number of carbonyl (C=O) groups is 1. The highest BCUT2D eigenvalue weighted by molar-refractivity contribution is 7.85. The Morgan fingerprint density at radius 3 is 2.53 bits per heavy atom. The molecule has 3 rings (SSSR count). The van der Waals surface area contributed by atoms with Crippen molar-refractivity contribution in [1.29, 1.82) is 0 Å². The molecule has 2 aliphatic carbocycles. The van der Waals surface area contributed by atoms with Crippen LogP contribution in [-0.2, 0) is 30.4 Å². The first-order valence-electron chi connectivity index (χ1n) is 10.8. The first-order valence-corrected chi connectivity index (χ1v) is 12.6. The summed E-state index contributed by atoms with van der Waals surface area (Å²) in [6.45, 7) is 7.47. The lowest BCUT2D eigenvalue weighted by atomic mass is 9.45. The molecule has 1 saturated carbocycles. The fourth-order valence-corrected chi connectivity index (χ4v) is 5.87. The van der Waals surface area contributed by atoms with Crippen LogP contribution >= 0.6 is 0 Å². The smallest absolute Gasteiger partial charge is 0.264 e. The largest absolute Gasteiger partial charge is 0.377 e. The Morgan fingerprint density at radius 1 is 1.17 bits per heavy atom. The second-order valence-corrected chi connectivity index (χ2v) is 11.0. The van der Waals surface area contributed by atoms with Gasteiger partial charge in [0.1, 0.15) is 5.78 Å².